The Hall–Kier alpha value is -1.06. The molecule has 92 valence electrons. The molecule has 3 rings (SSSR count). The SMILES string of the molecule is CC1(Oc2cccc3c2CNC3)CCNCC1. The lowest BCUT2D eigenvalue weighted by Gasteiger charge is -2.35. The van der Waals surface area contributed by atoms with E-state index in [1.165, 1.54) is 11.1 Å². The van der Waals surface area contributed by atoms with Crippen molar-refractivity contribution in [1.29, 1.82) is 0 Å². The summed E-state index contributed by atoms with van der Waals surface area (Å²) in [6, 6.07) is 6.40. The van der Waals surface area contributed by atoms with E-state index in [2.05, 4.69) is 35.8 Å². The molecule has 1 saturated heterocycles. The maximum absolute atomic E-state index is 6.31. The molecule has 1 aromatic rings. The van der Waals surface area contributed by atoms with E-state index in [9.17, 15) is 0 Å². The fourth-order valence-electron chi connectivity index (χ4n) is 2.72. The first-order valence-electron chi connectivity index (χ1n) is 6.48. The van der Waals surface area contributed by atoms with Crippen molar-refractivity contribution in [1.82, 2.24) is 10.6 Å². The molecule has 1 fully saturated rings. The van der Waals surface area contributed by atoms with E-state index in [4.69, 9.17) is 4.74 Å². The predicted octanol–water partition coefficient (Wildman–Crippen LogP) is 1.81. The van der Waals surface area contributed by atoms with Crippen LogP contribution >= 0.6 is 0 Å². The molecule has 0 amide bonds. The topological polar surface area (TPSA) is 33.3 Å². The first-order valence-corrected chi connectivity index (χ1v) is 6.48. The van der Waals surface area contributed by atoms with E-state index in [1.54, 1.807) is 0 Å². The van der Waals surface area contributed by atoms with Gasteiger partial charge in [0.2, 0.25) is 0 Å². The third-order valence-electron chi connectivity index (χ3n) is 3.86. The van der Waals surface area contributed by atoms with E-state index in [1.807, 2.05) is 0 Å². The predicted molar refractivity (Wildman–Crippen MR) is 68.1 cm³/mol. The molecule has 0 spiro atoms. The van der Waals surface area contributed by atoms with Crippen molar-refractivity contribution in [2.45, 2.75) is 38.5 Å². The molecule has 3 heteroatoms. The van der Waals surface area contributed by atoms with Gasteiger partial charge in [0.1, 0.15) is 11.4 Å². The Morgan fingerprint density at radius 3 is 2.76 bits per heavy atom. The van der Waals surface area contributed by atoms with Crippen molar-refractivity contribution in [2.24, 2.45) is 0 Å². The molecular weight excluding hydrogens is 212 g/mol. The Morgan fingerprint density at radius 1 is 1.12 bits per heavy atom. The van der Waals surface area contributed by atoms with Crippen LogP contribution in [-0.2, 0) is 13.1 Å². The zero-order chi connectivity index (χ0) is 11.7. The second kappa shape index (κ2) is 4.31. The lowest BCUT2D eigenvalue weighted by Crippen LogP contribution is -2.44. The van der Waals surface area contributed by atoms with Gasteiger partial charge in [-0.15, -0.1) is 0 Å². The van der Waals surface area contributed by atoms with Crippen molar-refractivity contribution in [3.8, 4) is 5.75 Å². The van der Waals surface area contributed by atoms with Gasteiger partial charge in [0.15, 0.2) is 0 Å². The normalized spacial score (nSPS) is 22.2. The second-order valence-corrected chi connectivity index (χ2v) is 5.30. The van der Waals surface area contributed by atoms with E-state index in [0.29, 0.717) is 0 Å². The van der Waals surface area contributed by atoms with Gasteiger partial charge in [0, 0.05) is 18.7 Å². The molecule has 0 atom stereocenters. The van der Waals surface area contributed by atoms with Gasteiger partial charge < -0.3 is 15.4 Å². The molecule has 2 aliphatic heterocycles. The summed E-state index contributed by atoms with van der Waals surface area (Å²) in [5.41, 5.74) is 2.75. The summed E-state index contributed by atoms with van der Waals surface area (Å²) < 4.78 is 6.31. The number of benzene rings is 1. The second-order valence-electron chi connectivity index (χ2n) is 5.30. The van der Waals surface area contributed by atoms with Crippen LogP contribution in [0.3, 0.4) is 0 Å². The Kier molecular flexibility index (Phi) is 2.81. The molecule has 2 aliphatic rings. The molecular formula is C14H20N2O. The number of hydrogen-bond donors (Lipinski definition) is 2. The highest BCUT2D eigenvalue weighted by Crippen LogP contribution is 2.32. The van der Waals surface area contributed by atoms with Crippen molar-refractivity contribution >= 4 is 0 Å². The van der Waals surface area contributed by atoms with Crippen LogP contribution in [-0.4, -0.2) is 18.7 Å². The minimum Gasteiger partial charge on any atom is -0.487 e. The van der Waals surface area contributed by atoms with Gasteiger partial charge in [-0.05, 0) is 44.5 Å². The van der Waals surface area contributed by atoms with Crippen LogP contribution in [0.25, 0.3) is 0 Å². The Labute approximate surface area is 103 Å². The molecule has 0 aromatic heterocycles. The average Bonchev–Trinajstić information content (AvgIpc) is 2.79. The minimum absolute atomic E-state index is 0.00294. The molecule has 1 aromatic carbocycles. The van der Waals surface area contributed by atoms with Crippen LogP contribution in [0.2, 0.25) is 0 Å². The standard InChI is InChI=1S/C14H20N2O/c1-14(5-7-15-8-6-14)17-13-4-2-3-11-9-16-10-12(11)13/h2-4,15-16H,5-10H2,1H3. The van der Waals surface area contributed by atoms with Crippen LogP contribution < -0.4 is 15.4 Å². The van der Waals surface area contributed by atoms with E-state index in [0.717, 1.165) is 44.8 Å². The van der Waals surface area contributed by atoms with Crippen molar-refractivity contribution in [2.75, 3.05) is 13.1 Å². The molecule has 2 N–H and O–H groups in total. The van der Waals surface area contributed by atoms with Crippen LogP contribution in [0.4, 0.5) is 0 Å². The monoisotopic (exact) mass is 232 g/mol. The van der Waals surface area contributed by atoms with Crippen molar-refractivity contribution in [3.05, 3.63) is 29.3 Å². The highest BCUT2D eigenvalue weighted by Gasteiger charge is 2.30. The molecule has 17 heavy (non-hydrogen) atoms. The number of nitrogens with one attached hydrogen (secondary N) is 2. The zero-order valence-corrected chi connectivity index (χ0v) is 10.4. The Balaban J connectivity index is 1.83. The third-order valence-corrected chi connectivity index (χ3v) is 3.86. The molecule has 0 saturated carbocycles. The smallest absolute Gasteiger partial charge is 0.124 e. The Bertz CT molecular complexity index is 411. The van der Waals surface area contributed by atoms with Gasteiger partial charge >= 0.3 is 0 Å². The quantitative estimate of drug-likeness (QED) is 0.816. The summed E-state index contributed by atoms with van der Waals surface area (Å²) in [5.74, 6) is 1.08. The van der Waals surface area contributed by atoms with Crippen LogP contribution in [0.1, 0.15) is 30.9 Å². The molecule has 2 heterocycles. The van der Waals surface area contributed by atoms with Crippen molar-refractivity contribution in [3.63, 3.8) is 0 Å². The van der Waals surface area contributed by atoms with E-state index in [-0.39, 0.29) is 5.60 Å². The van der Waals surface area contributed by atoms with Crippen molar-refractivity contribution < 1.29 is 4.74 Å². The number of piperidine rings is 1. The summed E-state index contributed by atoms with van der Waals surface area (Å²) in [5, 5.41) is 6.77. The third kappa shape index (κ3) is 2.17. The first-order chi connectivity index (χ1) is 8.27. The lowest BCUT2D eigenvalue weighted by molar-refractivity contribution is 0.0546. The van der Waals surface area contributed by atoms with Crippen LogP contribution in [0.15, 0.2) is 18.2 Å². The molecule has 3 nitrogen and oxygen atoms in total. The highest BCUT2D eigenvalue weighted by molar-refractivity contribution is 5.42. The summed E-state index contributed by atoms with van der Waals surface area (Å²) in [6.07, 6.45) is 2.17. The number of fused-ring (bicyclic) bond motifs is 1. The summed E-state index contributed by atoms with van der Waals surface area (Å²) in [4.78, 5) is 0. The number of hydrogen-bond acceptors (Lipinski definition) is 3. The van der Waals surface area contributed by atoms with Gasteiger partial charge in [-0.3, -0.25) is 0 Å². The molecule has 0 aliphatic carbocycles. The summed E-state index contributed by atoms with van der Waals surface area (Å²) in [6.45, 7) is 6.27. The van der Waals surface area contributed by atoms with Gasteiger partial charge in [-0.2, -0.15) is 0 Å². The summed E-state index contributed by atoms with van der Waals surface area (Å²) >= 11 is 0. The van der Waals surface area contributed by atoms with Gasteiger partial charge in [-0.1, -0.05) is 12.1 Å². The number of ether oxygens (including phenoxy) is 1. The molecule has 0 unspecified atom stereocenters. The maximum Gasteiger partial charge on any atom is 0.124 e. The van der Waals surface area contributed by atoms with E-state index >= 15 is 0 Å². The molecule has 0 bridgehead atoms. The van der Waals surface area contributed by atoms with E-state index < -0.39 is 0 Å². The van der Waals surface area contributed by atoms with Crippen LogP contribution in [0.5, 0.6) is 5.75 Å². The maximum atomic E-state index is 6.31. The minimum atomic E-state index is 0.00294. The average molecular weight is 232 g/mol. The Morgan fingerprint density at radius 2 is 1.94 bits per heavy atom. The largest absolute Gasteiger partial charge is 0.487 e. The molecule has 0 radical (unpaired) electrons. The highest BCUT2D eigenvalue weighted by atomic mass is 16.5. The van der Waals surface area contributed by atoms with Gasteiger partial charge in [0.25, 0.3) is 0 Å². The summed E-state index contributed by atoms with van der Waals surface area (Å²) in [7, 11) is 0. The van der Waals surface area contributed by atoms with Gasteiger partial charge in [0.05, 0.1) is 0 Å². The number of rotatable bonds is 2. The first kappa shape index (κ1) is 11.1. The lowest BCUT2D eigenvalue weighted by atomic mass is 9.94. The van der Waals surface area contributed by atoms with Crippen LogP contribution in [0, 0.1) is 0 Å². The fraction of sp³-hybridized carbons (Fsp3) is 0.571. The fourth-order valence-corrected chi connectivity index (χ4v) is 2.72. The zero-order valence-electron chi connectivity index (χ0n) is 10.4. The van der Waals surface area contributed by atoms with Gasteiger partial charge in [-0.25, -0.2) is 0 Å².